The molecule has 0 aromatic carbocycles. The van der Waals surface area contributed by atoms with Crippen LogP contribution < -0.4 is 0 Å². The molecule has 6 nitrogen and oxygen atoms in total. The Kier molecular flexibility index (Phi) is 44.5. The molecule has 0 aromatic rings. The fourth-order valence-corrected chi connectivity index (χ4v) is 6.31. The summed E-state index contributed by atoms with van der Waals surface area (Å²) in [5.41, 5.74) is 0. The zero-order chi connectivity index (χ0) is 43.0. The van der Waals surface area contributed by atoms with Crippen LogP contribution in [-0.4, -0.2) is 37.2 Å². The Bertz CT molecular complexity index is 1170. The van der Waals surface area contributed by atoms with E-state index < -0.39 is 12.1 Å². The van der Waals surface area contributed by atoms with Gasteiger partial charge in [-0.2, -0.15) is 0 Å². The van der Waals surface area contributed by atoms with Gasteiger partial charge < -0.3 is 14.2 Å². The molecule has 0 heterocycles. The first-order chi connectivity index (χ1) is 29.0. The predicted molar refractivity (Wildman–Crippen MR) is 251 cm³/mol. The molecule has 1 atom stereocenters. The van der Waals surface area contributed by atoms with Gasteiger partial charge >= 0.3 is 17.9 Å². The maximum atomic E-state index is 12.7. The molecule has 0 fully saturated rings. The van der Waals surface area contributed by atoms with Gasteiger partial charge in [0.25, 0.3) is 0 Å². The quantitative estimate of drug-likeness (QED) is 0.0264. The monoisotopic (exact) mass is 821 g/mol. The largest absolute Gasteiger partial charge is 0.462 e. The van der Waals surface area contributed by atoms with Crippen LogP contribution >= 0.6 is 0 Å². The lowest BCUT2D eigenvalue weighted by Gasteiger charge is -2.18. The zero-order valence-corrected chi connectivity index (χ0v) is 38.2. The molecule has 0 N–H and O–H groups in total. The summed E-state index contributed by atoms with van der Waals surface area (Å²) in [6, 6.07) is 0. The first-order valence-corrected chi connectivity index (χ1v) is 24.1. The van der Waals surface area contributed by atoms with E-state index in [0.717, 1.165) is 96.3 Å². The van der Waals surface area contributed by atoms with Crippen LogP contribution in [0.5, 0.6) is 0 Å². The molecule has 0 bridgehead atoms. The van der Waals surface area contributed by atoms with E-state index in [1.54, 1.807) is 6.08 Å². The maximum absolute atomic E-state index is 12.7. The fourth-order valence-electron chi connectivity index (χ4n) is 6.31. The predicted octanol–water partition coefficient (Wildman–Crippen LogP) is 15.6. The molecule has 0 radical (unpaired) electrons. The van der Waals surface area contributed by atoms with E-state index in [4.69, 9.17) is 14.2 Å². The van der Waals surface area contributed by atoms with E-state index >= 15 is 0 Å². The van der Waals surface area contributed by atoms with Crippen LogP contribution in [0.15, 0.2) is 85.1 Å². The second-order valence-electron chi connectivity index (χ2n) is 15.7. The number of carbonyl (C=O) groups excluding carboxylic acids is 3. The molecule has 0 aliphatic heterocycles. The zero-order valence-electron chi connectivity index (χ0n) is 38.2. The van der Waals surface area contributed by atoms with Crippen molar-refractivity contribution in [2.24, 2.45) is 0 Å². The van der Waals surface area contributed by atoms with E-state index in [2.05, 4.69) is 93.7 Å². The highest BCUT2D eigenvalue weighted by molar-refractivity contribution is 5.72. The summed E-state index contributed by atoms with van der Waals surface area (Å²) in [6.07, 6.45) is 60.2. The highest BCUT2D eigenvalue weighted by Gasteiger charge is 2.19. The number of allylic oxidation sites excluding steroid dienone is 13. The van der Waals surface area contributed by atoms with Gasteiger partial charge in [0, 0.05) is 12.8 Å². The summed E-state index contributed by atoms with van der Waals surface area (Å²) < 4.78 is 16.6. The minimum absolute atomic E-state index is 0.0938. The molecule has 6 heteroatoms. The number of esters is 3. The average Bonchev–Trinajstić information content (AvgIpc) is 3.23. The molecule has 0 saturated heterocycles. The number of ether oxygens (including phenoxy) is 3. The molecule has 0 rings (SSSR count). The number of carbonyl (C=O) groups is 3. The van der Waals surface area contributed by atoms with Gasteiger partial charge in [0.05, 0.1) is 6.42 Å². The van der Waals surface area contributed by atoms with Crippen LogP contribution in [0.1, 0.15) is 213 Å². The molecular weight excluding hydrogens is 733 g/mol. The highest BCUT2D eigenvalue weighted by Crippen LogP contribution is 2.13. The van der Waals surface area contributed by atoms with Crippen LogP contribution in [0.25, 0.3) is 0 Å². The number of rotatable bonds is 42. The third kappa shape index (κ3) is 45.5. The van der Waals surface area contributed by atoms with Crippen molar-refractivity contribution < 1.29 is 28.6 Å². The molecule has 0 aromatic heterocycles. The molecule has 1 unspecified atom stereocenters. The van der Waals surface area contributed by atoms with Crippen molar-refractivity contribution in [1.29, 1.82) is 0 Å². The lowest BCUT2D eigenvalue weighted by Crippen LogP contribution is -2.30. The van der Waals surface area contributed by atoms with Gasteiger partial charge in [0.15, 0.2) is 6.10 Å². The topological polar surface area (TPSA) is 78.9 Å². The normalized spacial score (nSPS) is 12.8. The second kappa shape index (κ2) is 47.3. The van der Waals surface area contributed by atoms with Crippen LogP contribution in [0.4, 0.5) is 0 Å². The second-order valence-corrected chi connectivity index (χ2v) is 15.7. The highest BCUT2D eigenvalue weighted by atomic mass is 16.6. The Morgan fingerprint density at radius 3 is 1.14 bits per heavy atom. The van der Waals surface area contributed by atoms with Gasteiger partial charge in [-0.25, -0.2) is 0 Å². The Morgan fingerprint density at radius 2 is 0.712 bits per heavy atom. The maximum Gasteiger partial charge on any atom is 0.310 e. The van der Waals surface area contributed by atoms with Crippen LogP contribution in [-0.2, 0) is 28.6 Å². The Balaban J connectivity index is 4.52. The van der Waals surface area contributed by atoms with Gasteiger partial charge in [-0.15, -0.1) is 0 Å². The van der Waals surface area contributed by atoms with E-state index in [1.807, 2.05) is 6.08 Å². The molecule has 336 valence electrons. The van der Waals surface area contributed by atoms with E-state index in [-0.39, 0.29) is 31.6 Å². The van der Waals surface area contributed by atoms with Crippen molar-refractivity contribution in [3.8, 4) is 0 Å². The number of unbranched alkanes of at least 4 members (excludes halogenated alkanes) is 18. The van der Waals surface area contributed by atoms with Gasteiger partial charge in [-0.3, -0.25) is 14.4 Å². The standard InChI is InChI=1S/C53H88O6/c1-4-7-10-13-16-19-22-24-26-28-29-31-34-37-40-43-46-52(55)58-49-50(48-57-51(54)45-42-39-36-33-21-18-15-12-9-6-3)59-53(56)47-44-41-38-35-32-30-27-25-23-20-17-14-11-8-5-2/h8,11,17,19-20,22,25-28,32,35,41,44,50H,4-7,9-10,12-16,18,21,23-24,29-31,33-34,36-40,42-43,45-49H2,1-3H3/b11-8-,20-17-,22-19-,27-25-,28-26-,35-32-,44-41-. The molecule has 0 aliphatic rings. The van der Waals surface area contributed by atoms with Crippen LogP contribution in [0.2, 0.25) is 0 Å². The fraction of sp³-hybridized carbons (Fsp3) is 0.679. The van der Waals surface area contributed by atoms with E-state index in [0.29, 0.717) is 12.8 Å². The Labute approximate surface area is 363 Å². The molecular formula is C53H88O6. The average molecular weight is 821 g/mol. The smallest absolute Gasteiger partial charge is 0.310 e. The lowest BCUT2D eigenvalue weighted by molar-refractivity contribution is -0.166. The van der Waals surface area contributed by atoms with E-state index in [1.165, 1.54) is 77.0 Å². The summed E-state index contributed by atoms with van der Waals surface area (Å²) in [6.45, 7) is 6.38. The summed E-state index contributed by atoms with van der Waals surface area (Å²) >= 11 is 0. The van der Waals surface area contributed by atoms with Crippen molar-refractivity contribution in [3.05, 3.63) is 85.1 Å². The first kappa shape index (κ1) is 55.6. The molecule has 0 amide bonds. The minimum Gasteiger partial charge on any atom is -0.462 e. The van der Waals surface area contributed by atoms with E-state index in [9.17, 15) is 14.4 Å². The minimum atomic E-state index is -0.833. The van der Waals surface area contributed by atoms with Crippen molar-refractivity contribution in [2.45, 2.75) is 219 Å². The first-order valence-electron chi connectivity index (χ1n) is 24.1. The van der Waals surface area contributed by atoms with Crippen molar-refractivity contribution in [3.63, 3.8) is 0 Å². The molecule has 0 saturated carbocycles. The summed E-state index contributed by atoms with van der Waals surface area (Å²) in [7, 11) is 0. The number of hydrogen-bond donors (Lipinski definition) is 0. The SMILES string of the molecule is CC/C=C\C/C=C\C/C=C\C/C=C\C/C=C\CC(=O)OC(COC(=O)CCCCCCC/C=C\C/C=C\CCCCCC)COC(=O)CCCCCCCCCCCC. The Hall–Kier alpha value is -3.41. The summed E-state index contributed by atoms with van der Waals surface area (Å²) in [4.78, 5) is 37.7. The lowest BCUT2D eigenvalue weighted by atomic mass is 10.1. The van der Waals surface area contributed by atoms with Crippen molar-refractivity contribution in [2.75, 3.05) is 13.2 Å². The van der Waals surface area contributed by atoms with Gasteiger partial charge in [-0.05, 0) is 77.0 Å². The van der Waals surface area contributed by atoms with Crippen LogP contribution in [0.3, 0.4) is 0 Å². The van der Waals surface area contributed by atoms with Crippen molar-refractivity contribution in [1.82, 2.24) is 0 Å². The summed E-state index contributed by atoms with van der Waals surface area (Å²) in [5, 5.41) is 0. The Morgan fingerprint density at radius 1 is 0.373 bits per heavy atom. The van der Waals surface area contributed by atoms with Gasteiger partial charge in [0.1, 0.15) is 13.2 Å². The van der Waals surface area contributed by atoms with Gasteiger partial charge in [0.2, 0.25) is 0 Å². The molecule has 59 heavy (non-hydrogen) atoms. The summed E-state index contributed by atoms with van der Waals surface area (Å²) in [5.74, 6) is -1.07. The number of hydrogen-bond acceptors (Lipinski definition) is 6. The van der Waals surface area contributed by atoms with Gasteiger partial charge in [-0.1, -0.05) is 202 Å². The molecule has 0 spiro atoms. The van der Waals surface area contributed by atoms with Crippen LogP contribution in [0, 0.1) is 0 Å². The molecule has 0 aliphatic carbocycles. The third-order valence-corrected chi connectivity index (χ3v) is 9.92. The third-order valence-electron chi connectivity index (χ3n) is 9.92. The van der Waals surface area contributed by atoms with Crippen molar-refractivity contribution >= 4 is 17.9 Å².